The maximum absolute atomic E-state index is 12.6. The smallest absolute Gasteiger partial charge is 0.376 e. The number of aliphatic hydroxyl groups is 1. The van der Waals surface area contributed by atoms with Gasteiger partial charge in [0.15, 0.2) is 0 Å². The van der Waals surface area contributed by atoms with Crippen LogP contribution in [0.5, 0.6) is 0 Å². The summed E-state index contributed by atoms with van der Waals surface area (Å²) < 4.78 is 37.7. The molecular formula is C17H20F3N5O2. The number of aromatic amines is 1. The van der Waals surface area contributed by atoms with E-state index in [0.29, 0.717) is 0 Å². The van der Waals surface area contributed by atoms with Crippen LogP contribution < -0.4 is 4.90 Å². The molecule has 146 valence electrons. The molecule has 1 amide bonds. The molecule has 0 spiro atoms. The molecule has 2 unspecified atom stereocenters. The average Bonchev–Trinajstić information content (AvgIpc) is 3.32. The fourth-order valence-corrected chi connectivity index (χ4v) is 4.39. The first-order valence-electron chi connectivity index (χ1n) is 8.80. The van der Waals surface area contributed by atoms with Gasteiger partial charge in [-0.05, 0) is 30.7 Å². The van der Waals surface area contributed by atoms with Gasteiger partial charge in [0.05, 0.1) is 5.39 Å². The van der Waals surface area contributed by atoms with Crippen molar-refractivity contribution in [2.75, 3.05) is 25.0 Å². The minimum Gasteiger partial charge on any atom is -0.376 e. The number of hydrogen-bond donors (Lipinski definition) is 2. The van der Waals surface area contributed by atoms with Gasteiger partial charge in [-0.1, -0.05) is 0 Å². The van der Waals surface area contributed by atoms with Gasteiger partial charge in [-0.15, -0.1) is 0 Å². The van der Waals surface area contributed by atoms with Gasteiger partial charge in [-0.3, -0.25) is 4.79 Å². The normalized spacial score (nSPS) is 26.4. The summed E-state index contributed by atoms with van der Waals surface area (Å²) in [6, 6.07) is 2.10. The summed E-state index contributed by atoms with van der Waals surface area (Å²) in [5, 5.41) is 10.1. The molecule has 2 fully saturated rings. The fourth-order valence-electron chi connectivity index (χ4n) is 4.39. The molecule has 2 N–H and O–H groups in total. The Labute approximate surface area is 153 Å². The topological polar surface area (TPSA) is 85.4 Å². The number of nitrogens with one attached hydrogen (secondary N) is 1. The molecule has 0 bridgehead atoms. The molecule has 2 aliphatic rings. The number of anilines is 1. The van der Waals surface area contributed by atoms with Crippen molar-refractivity contribution in [3.63, 3.8) is 0 Å². The maximum Gasteiger partial charge on any atom is 0.423 e. The van der Waals surface area contributed by atoms with Gasteiger partial charge >= 0.3 is 6.18 Å². The van der Waals surface area contributed by atoms with E-state index in [1.54, 1.807) is 6.20 Å². The Bertz CT molecular complexity index is 840. The highest BCUT2D eigenvalue weighted by Crippen LogP contribution is 2.42. The number of carbonyl (C=O) groups is 1. The monoisotopic (exact) mass is 383 g/mol. The van der Waals surface area contributed by atoms with E-state index in [4.69, 9.17) is 0 Å². The van der Waals surface area contributed by atoms with Crippen molar-refractivity contribution >= 4 is 22.8 Å². The van der Waals surface area contributed by atoms with Gasteiger partial charge in [0.25, 0.3) is 5.91 Å². The SMILES string of the molecule is CN(c1ncnc2[nH]ccc12)C1CC2CN(C(=O)[C@H](O)C(F)(F)F)C[C@@H]2C1. The second-order valence-electron chi connectivity index (χ2n) is 7.38. The molecule has 1 saturated heterocycles. The Hall–Kier alpha value is -2.36. The summed E-state index contributed by atoms with van der Waals surface area (Å²) >= 11 is 0. The Morgan fingerprint density at radius 2 is 2.00 bits per heavy atom. The lowest BCUT2D eigenvalue weighted by Gasteiger charge is -2.28. The van der Waals surface area contributed by atoms with Gasteiger partial charge in [0.2, 0.25) is 6.10 Å². The standard InChI is InChI=1S/C17H20F3N5O2/c1-24(15-12-2-3-21-14(12)22-8-23-15)11-4-9-6-25(7-10(9)5-11)16(27)13(26)17(18,19)20/h2-3,8-11,13,26H,4-7H2,1H3,(H,21,22,23)/t9-,10?,11?,13-/m0/s1. The number of carbonyl (C=O) groups excluding carboxylic acids is 1. The lowest BCUT2D eigenvalue weighted by molar-refractivity contribution is -0.210. The number of rotatable bonds is 3. The Kier molecular flexibility index (Phi) is 4.25. The Balaban J connectivity index is 1.43. The third-order valence-electron chi connectivity index (χ3n) is 5.80. The van der Waals surface area contributed by atoms with E-state index in [0.717, 1.165) is 34.6 Å². The number of H-pyrrole nitrogens is 1. The number of likely N-dealkylation sites (tertiary alicyclic amines) is 1. The predicted molar refractivity (Wildman–Crippen MR) is 90.9 cm³/mol. The zero-order chi connectivity index (χ0) is 19.3. The number of amides is 1. The molecular weight excluding hydrogens is 363 g/mol. The van der Waals surface area contributed by atoms with Gasteiger partial charge < -0.3 is 19.9 Å². The first kappa shape index (κ1) is 18.0. The molecule has 7 nitrogen and oxygen atoms in total. The van der Waals surface area contributed by atoms with Crippen LogP contribution in [0.3, 0.4) is 0 Å². The molecule has 10 heteroatoms. The maximum atomic E-state index is 12.6. The van der Waals surface area contributed by atoms with Crippen LogP contribution in [0.25, 0.3) is 11.0 Å². The van der Waals surface area contributed by atoms with Crippen LogP contribution >= 0.6 is 0 Å². The van der Waals surface area contributed by atoms with Crippen LogP contribution in [-0.2, 0) is 4.79 Å². The number of alkyl halides is 3. The van der Waals surface area contributed by atoms with Crippen LogP contribution in [0.15, 0.2) is 18.6 Å². The van der Waals surface area contributed by atoms with Crippen molar-refractivity contribution in [1.29, 1.82) is 0 Å². The first-order chi connectivity index (χ1) is 12.8. The van der Waals surface area contributed by atoms with E-state index in [1.165, 1.54) is 6.33 Å². The van der Waals surface area contributed by atoms with Gasteiger partial charge in [-0.25, -0.2) is 9.97 Å². The number of aliphatic hydroxyl groups excluding tert-OH is 1. The molecule has 0 radical (unpaired) electrons. The highest BCUT2D eigenvalue weighted by molar-refractivity contribution is 5.87. The lowest BCUT2D eigenvalue weighted by atomic mass is 10.0. The second-order valence-corrected chi connectivity index (χ2v) is 7.38. The minimum absolute atomic E-state index is 0.130. The van der Waals surface area contributed by atoms with Crippen molar-refractivity contribution < 1.29 is 23.1 Å². The number of hydrogen-bond acceptors (Lipinski definition) is 5. The average molecular weight is 383 g/mol. The second kappa shape index (κ2) is 6.36. The Morgan fingerprint density at radius 1 is 1.33 bits per heavy atom. The summed E-state index contributed by atoms with van der Waals surface area (Å²) in [7, 11) is 1.96. The molecule has 4 atom stereocenters. The number of fused-ring (bicyclic) bond motifs is 2. The Morgan fingerprint density at radius 3 is 2.63 bits per heavy atom. The van der Waals surface area contributed by atoms with Crippen molar-refractivity contribution in [2.45, 2.75) is 31.2 Å². The van der Waals surface area contributed by atoms with Crippen LogP contribution in [-0.4, -0.2) is 69.3 Å². The third-order valence-corrected chi connectivity index (χ3v) is 5.80. The van der Waals surface area contributed by atoms with E-state index in [9.17, 15) is 23.1 Å². The van der Waals surface area contributed by atoms with E-state index in [-0.39, 0.29) is 31.0 Å². The predicted octanol–water partition coefficient (Wildman–Crippen LogP) is 1.55. The van der Waals surface area contributed by atoms with E-state index in [2.05, 4.69) is 19.9 Å². The number of nitrogens with zero attached hydrogens (tertiary/aromatic N) is 4. The van der Waals surface area contributed by atoms with Crippen LogP contribution in [0.1, 0.15) is 12.8 Å². The molecule has 1 saturated carbocycles. The molecule has 1 aliphatic carbocycles. The first-order valence-corrected chi connectivity index (χ1v) is 8.80. The summed E-state index contributed by atoms with van der Waals surface area (Å²) in [5.41, 5.74) is 0.753. The van der Waals surface area contributed by atoms with E-state index >= 15 is 0 Å². The zero-order valence-electron chi connectivity index (χ0n) is 14.6. The van der Waals surface area contributed by atoms with Crippen molar-refractivity contribution in [3.8, 4) is 0 Å². The van der Waals surface area contributed by atoms with Crippen molar-refractivity contribution in [1.82, 2.24) is 19.9 Å². The van der Waals surface area contributed by atoms with E-state index in [1.807, 2.05) is 13.1 Å². The fraction of sp³-hybridized carbons (Fsp3) is 0.588. The summed E-state index contributed by atoms with van der Waals surface area (Å²) in [6.45, 7) is 0.509. The molecule has 2 aromatic rings. The molecule has 1 aliphatic heterocycles. The highest BCUT2D eigenvalue weighted by Gasteiger charge is 2.50. The van der Waals surface area contributed by atoms with E-state index < -0.39 is 18.2 Å². The van der Waals surface area contributed by atoms with Gasteiger partial charge in [0.1, 0.15) is 17.8 Å². The number of halogens is 3. The minimum atomic E-state index is -4.92. The van der Waals surface area contributed by atoms with Crippen LogP contribution in [0, 0.1) is 11.8 Å². The van der Waals surface area contributed by atoms with Crippen LogP contribution in [0.4, 0.5) is 19.0 Å². The van der Waals surface area contributed by atoms with Gasteiger partial charge in [-0.2, -0.15) is 13.2 Å². The third kappa shape index (κ3) is 3.11. The summed E-state index contributed by atoms with van der Waals surface area (Å²) in [6.07, 6.45) is -3.02. The largest absolute Gasteiger partial charge is 0.423 e. The summed E-state index contributed by atoms with van der Waals surface area (Å²) in [4.78, 5) is 26.8. The van der Waals surface area contributed by atoms with Gasteiger partial charge in [0, 0.05) is 32.4 Å². The summed E-state index contributed by atoms with van der Waals surface area (Å²) in [5.74, 6) is -0.172. The molecule has 0 aromatic carbocycles. The molecule has 4 rings (SSSR count). The zero-order valence-corrected chi connectivity index (χ0v) is 14.6. The number of aromatic nitrogens is 3. The van der Waals surface area contributed by atoms with Crippen LogP contribution in [0.2, 0.25) is 0 Å². The highest BCUT2D eigenvalue weighted by atomic mass is 19.4. The van der Waals surface area contributed by atoms with Crippen molar-refractivity contribution in [2.24, 2.45) is 11.8 Å². The molecule has 2 aromatic heterocycles. The lowest BCUT2D eigenvalue weighted by Crippen LogP contribution is -2.46. The molecule has 3 heterocycles. The quantitative estimate of drug-likeness (QED) is 0.840. The van der Waals surface area contributed by atoms with Crippen molar-refractivity contribution in [3.05, 3.63) is 18.6 Å². The molecule has 27 heavy (non-hydrogen) atoms.